The van der Waals surface area contributed by atoms with Crippen LogP contribution < -0.4 is 14.2 Å². The summed E-state index contributed by atoms with van der Waals surface area (Å²) in [5, 5.41) is 8.33. The van der Waals surface area contributed by atoms with E-state index in [0.717, 1.165) is 11.2 Å². The second-order valence-electron chi connectivity index (χ2n) is 7.89. The first-order chi connectivity index (χ1) is 14.5. The Hall–Kier alpha value is -3.18. The number of methoxy groups -OCH3 is 1. The molecule has 0 aliphatic rings. The molecular weight excluding hydrogens is 422 g/mol. The molecule has 0 saturated heterocycles. The van der Waals surface area contributed by atoms with E-state index in [9.17, 15) is 13.2 Å². The predicted molar refractivity (Wildman–Crippen MR) is 115 cm³/mol. The Labute approximate surface area is 180 Å². The second-order valence-corrected chi connectivity index (χ2v) is 9.34. The van der Waals surface area contributed by atoms with Crippen LogP contribution in [0.1, 0.15) is 39.3 Å². The van der Waals surface area contributed by atoms with Crippen LogP contribution in [0.2, 0.25) is 0 Å². The van der Waals surface area contributed by atoms with Gasteiger partial charge in [0.15, 0.2) is 0 Å². The number of nitrogens with one attached hydrogen (secondary N) is 2. The normalized spacial score (nSPS) is 13.1. The maximum atomic E-state index is 12.2. The summed E-state index contributed by atoms with van der Waals surface area (Å²) in [5.41, 5.74) is 2.15. The summed E-state index contributed by atoms with van der Waals surface area (Å²) >= 11 is 0. The molecule has 0 fully saturated rings. The lowest BCUT2D eigenvalue weighted by Gasteiger charge is -2.20. The van der Waals surface area contributed by atoms with Gasteiger partial charge in [0, 0.05) is 12.1 Å². The van der Waals surface area contributed by atoms with Gasteiger partial charge in [0.1, 0.15) is 16.9 Å². The topological polar surface area (TPSA) is 124 Å². The summed E-state index contributed by atoms with van der Waals surface area (Å²) in [7, 11) is -2.52. The molecule has 1 aromatic heterocycles. The van der Waals surface area contributed by atoms with Crippen molar-refractivity contribution < 1.29 is 22.7 Å². The molecule has 0 saturated carbocycles. The van der Waals surface area contributed by atoms with E-state index < -0.39 is 27.9 Å². The molecule has 1 unspecified atom stereocenters. The van der Waals surface area contributed by atoms with Crippen molar-refractivity contribution in [3.63, 3.8) is 0 Å². The molecule has 1 atom stereocenters. The summed E-state index contributed by atoms with van der Waals surface area (Å²) in [4.78, 5) is 11.7. The molecule has 0 aliphatic heterocycles. The molecule has 1 heterocycles. The van der Waals surface area contributed by atoms with Gasteiger partial charge in [-0.15, -0.1) is 5.10 Å². The predicted octanol–water partition coefficient (Wildman–Crippen LogP) is 2.85. The Morgan fingerprint density at radius 1 is 1.13 bits per heavy atom. The van der Waals surface area contributed by atoms with E-state index in [2.05, 4.69) is 15.0 Å². The number of rotatable bonds is 6. The third-order valence-electron chi connectivity index (χ3n) is 4.24. The molecule has 10 nitrogen and oxygen atoms in total. The fraction of sp³-hybridized carbons (Fsp3) is 0.350. The van der Waals surface area contributed by atoms with Crippen molar-refractivity contribution in [2.75, 3.05) is 7.11 Å². The first-order valence-corrected chi connectivity index (χ1v) is 11.0. The van der Waals surface area contributed by atoms with Crippen molar-refractivity contribution in [3.8, 4) is 11.4 Å². The molecule has 0 spiro atoms. The molecule has 31 heavy (non-hydrogen) atoms. The van der Waals surface area contributed by atoms with E-state index >= 15 is 0 Å². The van der Waals surface area contributed by atoms with Crippen LogP contribution in [0.4, 0.5) is 4.79 Å². The van der Waals surface area contributed by atoms with Gasteiger partial charge in [-0.2, -0.15) is 13.1 Å². The summed E-state index contributed by atoms with van der Waals surface area (Å²) in [5.74, 6) is 0.691. The number of carbonyl (C=O) groups is 1. The number of nitrogens with zero attached hydrogens (tertiary/aromatic N) is 3. The first kappa shape index (κ1) is 22.5. The SMILES string of the molecule is COc1ccc2c(c1)nnn2-c1ccc(C(C)NS(=O)(=O)NC(=O)OC(C)(C)C)cc1. The largest absolute Gasteiger partial charge is 0.497 e. The smallest absolute Gasteiger partial charge is 0.422 e. The van der Waals surface area contributed by atoms with Crippen LogP contribution in [-0.4, -0.2) is 42.2 Å². The lowest BCUT2D eigenvalue weighted by molar-refractivity contribution is 0.0569. The Kier molecular flexibility index (Phi) is 6.18. The maximum Gasteiger partial charge on any atom is 0.422 e. The summed E-state index contributed by atoms with van der Waals surface area (Å²) in [6, 6.07) is 12.0. The van der Waals surface area contributed by atoms with Crippen molar-refractivity contribution in [2.24, 2.45) is 0 Å². The van der Waals surface area contributed by atoms with E-state index in [4.69, 9.17) is 9.47 Å². The molecule has 0 radical (unpaired) electrons. The molecule has 1 amide bonds. The van der Waals surface area contributed by atoms with E-state index in [-0.39, 0.29) is 0 Å². The van der Waals surface area contributed by atoms with Crippen molar-refractivity contribution >= 4 is 27.3 Å². The fourth-order valence-corrected chi connectivity index (χ4v) is 3.79. The van der Waals surface area contributed by atoms with Crippen LogP contribution in [-0.2, 0) is 14.9 Å². The number of fused-ring (bicyclic) bond motifs is 1. The van der Waals surface area contributed by atoms with Gasteiger partial charge in [-0.25, -0.2) is 14.2 Å². The Bertz CT molecular complexity index is 1180. The Balaban J connectivity index is 1.72. The zero-order valence-corrected chi connectivity index (χ0v) is 18.7. The monoisotopic (exact) mass is 447 g/mol. The van der Waals surface area contributed by atoms with Gasteiger partial charge in [0.25, 0.3) is 0 Å². The number of aromatic nitrogens is 3. The third kappa shape index (κ3) is 5.70. The van der Waals surface area contributed by atoms with Crippen molar-refractivity contribution in [1.29, 1.82) is 0 Å². The van der Waals surface area contributed by atoms with E-state index in [1.807, 2.05) is 16.9 Å². The summed E-state index contributed by atoms with van der Waals surface area (Å²) in [6.45, 7) is 6.60. The molecule has 2 aromatic carbocycles. The van der Waals surface area contributed by atoms with Crippen LogP contribution in [0.5, 0.6) is 5.75 Å². The summed E-state index contributed by atoms with van der Waals surface area (Å²) < 4.78 is 40.5. The lowest BCUT2D eigenvalue weighted by atomic mass is 10.1. The van der Waals surface area contributed by atoms with Gasteiger partial charge in [0.2, 0.25) is 0 Å². The number of hydrogen-bond donors (Lipinski definition) is 2. The van der Waals surface area contributed by atoms with Crippen LogP contribution >= 0.6 is 0 Å². The average molecular weight is 448 g/mol. The Morgan fingerprint density at radius 2 is 1.81 bits per heavy atom. The second kappa shape index (κ2) is 8.52. The van der Waals surface area contributed by atoms with Crippen LogP contribution in [0.3, 0.4) is 0 Å². The van der Waals surface area contributed by atoms with Crippen molar-refractivity contribution in [2.45, 2.75) is 39.3 Å². The maximum absolute atomic E-state index is 12.2. The highest BCUT2D eigenvalue weighted by Gasteiger charge is 2.23. The number of ether oxygens (including phenoxy) is 2. The number of carbonyl (C=O) groups excluding carboxylic acids is 1. The van der Waals surface area contributed by atoms with Gasteiger partial charge in [-0.3, -0.25) is 0 Å². The zero-order valence-electron chi connectivity index (χ0n) is 17.9. The van der Waals surface area contributed by atoms with E-state index in [1.165, 1.54) is 0 Å². The molecule has 166 valence electrons. The minimum atomic E-state index is -4.10. The highest BCUT2D eigenvalue weighted by molar-refractivity contribution is 7.88. The van der Waals surface area contributed by atoms with E-state index in [0.29, 0.717) is 16.8 Å². The average Bonchev–Trinajstić information content (AvgIpc) is 3.08. The van der Waals surface area contributed by atoms with Gasteiger partial charge >= 0.3 is 16.3 Å². The van der Waals surface area contributed by atoms with Gasteiger partial charge < -0.3 is 9.47 Å². The lowest BCUT2D eigenvalue weighted by Crippen LogP contribution is -2.43. The quantitative estimate of drug-likeness (QED) is 0.595. The minimum Gasteiger partial charge on any atom is -0.497 e. The van der Waals surface area contributed by atoms with Crippen molar-refractivity contribution in [1.82, 2.24) is 24.4 Å². The standard InChI is InChI=1S/C20H25N5O5S/c1-13(22-31(27,28)23-19(26)30-20(2,3)4)14-6-8-15(9-7-14)25-18-11-10-16(29-5)12-17(18)21-24-25/h6-13,22H,1-5H3,(H,23,26). The molecule has 0 aliphatic carbocycles. The fourth-order valence-electron chi connectivity index (χ4n) is 2.86. The number of hydrogen-bond acceptors (Lipinski definition) is 7. The first-order valence-electron chi connectivity index (χ1n) is 9.50. The van der Waals surface area contributed by atoms with Crippen molar-refractivity contribution in [3.05, 3.63) is 48.0 Å². The molecule has 11 heteroatoms. The number of benzene rings is 2. The molecule has 3 rings (SSSR count). The highest BCUT2D eigenvalue weighted by Crippen LogP contribution is 2.22. The number of amides is 1. The zero-order chi connectivity index (χ0) is 22.8. The highest BCUT2D eigenvalue weighted by atomic mass is 32.2. The van der Waals surface area contributed by atoms with Gasteiger partial charge in [-0.1, -0.05) is 17.3 Å². The van der Waals surface area contributed by atoms with E-state index in [1.54, 1.807) is 69.8 Å². The Morgan fingerprint density at radius 3 is 2.42 bits per heavy atom. The van der Waals surface area contributed by atoms with Gasteiger partial charge in [0.05, 0.1) is 18.3 Å². The molecule has 0 bridgehead atoms. The summed E-state index contributed by atoms with van der Waals surface area (Å²) in [6.07, 6.45) is -1.04. The molecule has 3 aromatic rings. The van der Waals surface area contributed by atoms with Crippen LogP contribution in [0.25, 0.3) is 16.7 Å². The minimum absolute atomic E-state index is 0.592. The van der Waals surface area contributed by atoms with Crippen LogP contribution in [0, 0.1) is 0 Å². The molecule has 2 N–H and O–H groups in total. The third-order valence-corrected chi connectivity index (χ3v) is 5.34. The van der Waals surface area contributed by atoms with Crippen LogP contribution in [0.15, 0.2) is 42.5 Å². The molecular formula is C20H25N5O5S. The van der Waals surface area contributed by atoms with Gasteiger partial charge in [-0.05, 0) is 57.5 Å².